The zero-order valence-electron chi connectivity index (χ0n) is 19.8. The molecule has 9 nitrogen and oxygen atoms in total. The molecular weight excluding hydrogens is 490 g/mol. The first-order chi connectivity index (χ1) is 15.6. The standard InChI is InChI=1S/C23H34BrN5O4/c1-6-17(26-22(32)20(30)15-10-16(24)13-25-12-15)21(31)27-19-11-18(28-29-19)14(2)8-7-9-23(3,4)33-5/h10-14,17,20,30H,6-9H2,1-5H3,(H,26,32)(H2,27,28,29,31). The van der Waals surface area contributed by atoms with Gasteiger partial charge in [0.2, 0.25) is 5.91 Å². The predicted octanol–water partition coefficient (Wildman–Crippen LogP) is 3.83. The number of H-pyrrole nitrogens is 1. The van der Waals surface area contributed by atoms with Gasteiger partial charge in [-0.3, -0.25) is 19.7 Å². The highest BCUT2D eigenvalue weighted by molar-refractivity contribution is 9.10. The number of carbonyl (C=O) groups is 2. The highest BCUT2D eigenvalue weighted by Crippen LogP contribution is 2.25. The zero-order chi connectivity index (χ0) is 24.6. The quantitative estimate of drug-likeness (QED) is 0.334. The number of anilines is 1. The summed E-state index contributed by atoms with van der Waals surface area (Å²) < 4.78 is 6.10. The van der Waals surface area contributed by atoms with Crippen LogP contribution in [-0.2, 0) is 14.3 Å². The van der Waals surface area contributed by atoms with Crippen molar-refractivity contribution in [2.75, 3.05) is 12.4 Å². The number of ether oxygens (including phenoxy) is 1. The van der Waals surface area contributed by atoms with E-state index in [2.05, 4.69) is 62.5 Å². The third-order valence-electron chi connectivity index (χ3n) is 5.66. The fourth-order valence-corrected chi connectivity index (χ4v) is 3.67. The van der Waals surface area contributed by atoms with E-state index in [1.165, 1.54) is 6.20 Å². The number of aliphatic hydroxyl groups is 1. The Morgan fingerprint density at radius 3 is 2.64 bits per heavy atom. The lowest BCUT2D eigenvalue weighted by atomic mass is 9.95. The van der Waals surface area contributed by atoms with Crippen molar-refractivity contribution >= 4 is 33.6 Å². The Kier molecular flexibility index (Phi) is 10.00. The number of methoxy groups -OCH3 is 1. The number of hydrogen-bond acceptors (Lipinski definition) is 6. The minimum absolute atomic E-state index is 0.148. The Morgan fingerprint density at radius 2 is 2.00 bits per heavy atom. The molecule has 3 atom stereocenters. The molecular formula is C23H34BrN5O4. The molecule has 0 aliphatic rings. The fraction of sp³-hybridized carbons (Fsp3) is 0.565. The van der Waals surface area contributed by atoms with Crippen LogP contribution in [0, 0.1) is 0 Å². The molecule has 3 unspecified atom stereocenters. The van der Waals surface area contributed by atoms with Crippen LogP contribution in [0.2, 0.25) is 0 Å². The second kappa shape index (κ2) is 12.2. The first-order valence-electron chi connectivity index (χ1n) is 11.1. The fourth-order valence-electron chi connectivity index (χ4n) is 3.29. The smallest absolute Gasteiger partial charge is 0.254 e. The summed E-state index contributed by atoms with van der Waals surface area (Å²) >= 11 is 3.26. The van der Waals surface area contributed by atoms with E-state index in [1.807, 2.05) is 0 Å². The number of aromatic nitrogens is 3. The Hall–Kier alpha value is -2.30. The van der Waals surface area contributed by atoms with Crippen LogP contribution in [-0.4, -0.2) is 50.9 Å². The number of amides is 2. The van der Waals surface area contributed by atoms with E-state index in [9.17, 15) is 14.7 Å². The van der Waals surface area contributed by atoms with Crippen molar-refractivity contribution in [3.63, 3.8) is 0 Å². The van der Waals surface area contributed by atoms with Crippen LogP contribution in [0.5, 0.6) is 0 Å². The molecule has 2 amide bonds. The van der Waals surface area contributed by atoms with E-state index in [1.54, 1.807) is 32.4 Å². The number of pyridine rings is 1. The van der Waals surface area contributed by atoms with Gasteiger partial charge in [-0.2, -0.15) is 5.10 Å². The van der Waals surface area contributed by atoms with Gasteiger partial charge >= 0.3 is 0 Å². The van der Waals surface area contributed by atoms with Gasteiger partial charge < -0.3 is 20.5 Å². The molecule has 33 heavy (non-hydrogen) atoms. The summed E-state index contributed by atoms with van der Waals surface area (Å²) in [5.74, 6) is -0.386. The molecule has 10 heteroatoms. The Labute approximate surface area is 203 Å². The monoisotopic (exact) mass is 523 g/mol. The molecule has 0 aliphatic heterocycles. The summed E-state index contributed by atoms with van der Waals surface area (Å²) in [6.07, 6.45) is 4.77. The SMILES string of the molecule is CCC(NC(=O)C(O)c1cncc(Br)c1)C(=O)Nc1cc(C(C)CCCC(C)(C)OC)n[nH]1. The van der Waals surface area contributed by atoms with Gasteiger partial charge in [0.05, 0.1) is 11.3 Å². The highest BCUT2D eigenvalue weighted by Gasteiger charge is 2.25. The molecule has 0 saturated carbocycles. The number of aromatic amines is 1. The first kappa shape index (κ1) is 26.9. The lowest BCUT2D eigenvalue weighted by Gasteiger charge is -2.23. The lowest BCUT2D eigenvalue weighted by Crippen LogP contribution is -2.45. The second-order valence-electron chi connectivity index (χ2n) is 8.76. The van der Waals surface area contributed by atoms with Gasteiger partial charge in [0, 0.05) is 41.5 Å². The van der Waals surface area contributed by atoms with Crippen molar-refractivity contribution in [3.8, 4) is 0 Å². The normalized spacial score (nSPS) is 14.4. The van der Waals surface area contributed by atoms with E-state index >= 15 is 0 Å². The molecule has 0 aliphatic carbocycles. The van der Waals surface area contributed by atoms with Crippen molar-refractivity contribution in [2.24, 2.45) is 0 Å². The number of nitrogens with one attached hydrogen (secondary N) is 3. The summed E-state index contributed by atoms with van der Waals surface area (Å²) in [5.41, 5.74) is 1.04. The molecule has 0 spiro atoms. The number of aliphatic hydroxyl groups excluding tert-OH is 1. The van der Waals surface area contributed by atoms with Crippen molar-refractivity contribution < 1.29 is 19.4 Å². The average molecular weight is 524 g/mol. The van der Waals surface area contributed by atoms with E-state index in [4.69, 9.17) is 4.74 Å². The molecule has 4 N–H and O–H groups in total. The van der Waals surface area contributed by atoms with E-state index in [-0.39, 0.29) is 11.5 Å². The van der Waals surface area contributed by atoms with Crippen molar-refractivity contribution in [3.05, 3.63) is 40.3 Å². The number of rotatable bonds is 12. The molecule has 2 aromatic rings. The molecule has 2 heterocycles. The largest absolute Gasteiger partial charge is 0.379 e. The van der Waals surface area contributed by atoms with Crippen LogP contribution < -0.4 is 10.6 Å². The molecule has 182 valence electrons. The maximum Gasteiger partial charge on any atom is 0.254 e. The summed E-state index contributed by atoms with van der Waals surface area (Å²) in [6, 6.07) is 2.59. The van der Waals surface area contributed by atoms with Crippen molar-refractivity contribution in [1.29, 1.82) is 0 Å². The number of halogens is 1. The Morgan fingerprint density at radius 1 is 1.27 bits per heavy atom. The maximum absolute atomic E-state index is 12.7. The molecule has 0 fully saturated rings. The minimum atomic E-state index is -1.43. The van der Waals surface area contributed by atoms with Gasteiger partial charge in [-0.25, -0.2) is 0 Å². The number of carbonyl (C=O) groups excluding carboxylic acids is 2. The van der Waals surface area contributed by atoms with E-state index in [0.29, 0.717) is 22.3 Å². The van der Waals surface area contributed by atoms with Crippen LogP contribution in [0.25, 0.3) is 0 Å². The van der Waals surface area contributed by atoms with Gasteiger partial charge in [0.25, 0.3) is 5.91 Å². The van der Waals surface area contributed by atoms with Crippen LogP contribution in [0.3, 0.4) is 0 Å². The number of hydrogen-bond donors (Lipinski definition) is 4. The van der Waals surface area contributed by atoms with E-state index < -0.39 is 24.0 Å². The second-order valence-corrected chi connectivity index (χ2v) is 9.68. The van der Waals surface area contributed by atoms with Crippen LogP contribution in [0.1, 0.15) is 76.7 Å². The van der Waals surface area contributed by atoms with E-state index in [0.717, 1.165) is 25.0 Å². The highest BCUT2D eigenvalue weighted by atomic mass is 79.9. The van der Waals surface area contributed by atoms with Crippen molar-refractivity contribution in [1.82, 2.24) is 20.5 Å². The van der Waals surface area contributed by atoms with Crippen LogP contribution in [0.15, 0.2) is 29.0 Å². The Balaban J connectivity index is 1.91. The third kappa shape index (κ3) is 8.21. The predicted molar refractivity (Wildman–Crippen MR) is 130 cm³/mol. The topological polar surface area (TPSA) is 129 Å². The molecule has 0 radical (unpaired) electrons. The summed E-state index contributed by atoms with van der Waals surface area (Å²) in [5, 5.41) is 22.8. The van der Waals surface area contributed by atoms with Gasteiger partial charge in [-0.15, -0.1) is 0 Å². The van der Waals surface area contributed by atoms with Crippen molar-refractivity contribution in [2.45, 2.75) is 77.0 Å². The molecule has 2 rings (SSSR count). The van der Waals surface area contributed by atoms with Crippen LogP contribution in [0.4, 0.5) is 5.82 Å². The van der Waals surface area contributed by atoms with Gasteiger partial charge in [-0.05, 0) is 61.5 Å². The number of nitrogens with zero attached hydrogens (tertiary/aromatic N) is 2. The summed E-state index contributed by atoms with van der Waals surface area (Å²) in [6.45, 7) is 8.00. The van der Waals surface area contributed by atoms with Gasteiger partial charge in [0.1, 0.15) is 11.9 Å². The first-order valence-corrected chi connectivity index (χ1v) is 11.9. The average Bonchev–Trinajstić information content (AvgIpc) is 3.25. The van der Waals surface area contributed by atoms with Gasteiger partial charge in [0.15, 0.2) is 6.10 Å². The van der Waals surface area contributed by atoms with Gasteiger partial charge in [-0.1, -0.05) is 13.8 Å². The molecule has 0 saturated heterocycles. The molecule has 2 aromatic heterocycles. The summed E-state index contributed by atoms with van der Waals surface area (Å²) in [7, 11) is 1.72. The minimum Gasteiger partial charge on any atom is -0.379 e. The molecule has 0 bridgehead atoms. The molecule has 0 aromatic carbocycles. The lowest BCUT2D eigenvalue weighted by molar-refractivity contribution is -0.133. The zero-order valence-corrected chi connectivity index (χ0v) is 21.4. The maximum atomic E-state index is 12.7. The van der Waals surface area contributed by atoms with Crippen LogP contribution >= 0.6 is 15.9 Å². The third-order valence-corrected chi connectivity index (χ3v) is 6.09. The Bertz CT molecular complexity index is 933. The summed E-state index contributed by atoms with van der Waals surface area (Å²) in [4.78, 5) is 29.1.